The van der Waals surface area contributed by atoms with Gasteiger partial charge in [-0.25, -0.2) is 9.59 Å². The van der Waals surface area contributed by atoms with E-state index in [1.165, 1.54) is 0 Å². The normalized spacial score (nSPS) is 12.4. The Bertz CT molecular complexity index is 1540. The average Bonchev–Trinajstić information content (AvgIpc) is 3.65. The van der Waals surface area contributed by atoms with Crippen molar-refractivity contribution in [2.75, 3.05) is 165 Å². The molecule has 2 aromatic carbocycles. The smallest absolute Gasteiger partial charge is 0.450 e. The van der Waals surface area contributed by atoms with Crippen LogP contribution < -0.4 is 10.6 Å². The molecule has 20 heteroatoms. The summed E-state index contributed by atoms with van der Waals surface area (Å²) in [7, 11) is 0. The third-order valence-corrected chi connectivity index (χ3v) is 9.72. The van der Waals surface area contributed by atoms with Gasteiger partial charge in [-0.1, -0.05) is 48.5 Å². The van der Waals surface area contributed by atoms with Gasteiger partial charge in [0, 0.05) is 18.9 Å². The first-order valence-electron chi connectivity index (χ1n) is 23.0. The van der Waals surface area contributed by atoms with Gasteiger partial charge < -0.3 is 82.1 Å². The first kappa shape index (κ1) is 57.0. The number of fused-ring (bicyclic) bond motifs is 3. The van der Waals surface area contributed by atoms with Gasteiger partial charge in [0.2, 0.25) is 5.91 Å². The molecular weight excluding hydrogens is 881 g/mol. The minimum Gasteiger partial charge on any atom is -0.450 e. The van der Waals surface area contributed by atoms with Gasteiger partial charge in [0.15, 0.2) is 0 Å². The third kappa shape index (κ3) is 28.6. The van der Waals surface area contributed by atoms with Crippen molar-refractivity contribution >= 4 is 24.4 Å². The molecule has 0 aliphatic heterocycles. The Kier molecular flexibility index (Phi) is 33.7. The minimum atomic E-state index is -1.32. The molecule has 1 aliphatic carbocycles. The Morgan fingerprint density at radius 1 is 0.507 bits per heavy atom. The van der Waals surface area contributed by atoms with E-state index in [2.05, 4.69) is 39.6 Å². The van der Waals surface area contributed by atoms with Crippen molar-refractivity contribution in [1.82, 2.24) is 10.6 Å². The molecule has 3 N–H and O–H groups in total. The van der Waals surface area contributed by atoms with Gasteiger partial charge in [0.05, 0.1) is 151 Å². The van der Waals surface area contributed by atoms with Gasteiger partial charge in [0.1, 0.15) is 19.5 Å². The fraction of sp³-hybridized carbons (Fsp3) is 0.660. The monoisotopic (exact) mass is 952 g/mol. The van der Waals surface area contributed by atoms with Crippen LogP contribution in [0.1, 0.15) is 42.7 Å². The van der Waals surface area contributed by atoms with Crippen molar-refractivity contribution in [3.05, 3.63) is 59.7 Å². The number of hydrogen-bond donors (Lipinski definition) is 3. The van der Waals surface area contributed by atoms with Crippen LogP contribution in [0.25, 0.3) is 11.1 Å². The summed E-state index contributed by atoms with van der Waals surface area (Å²) in [5.74, 6) is -0.181. The number of aldehydes is 1. The number of unbranched alkanes of at least 4 members (excludes halogenated alkanes) is 1. The van der Waals surface area contributed by atoms with Crippen molar-refractivity contribution in [2.24, 2.45) is 0 Å². The summed E-state index contributed by atoms with van der Waals surface area (Å²) in [5, 5.41) is 13.8. The Morgan fingerprint density at radius 2 is 0.881 bits per heavy atom. The van der Waals surface area contributed by atoms with Crippen LogP contribution in [0.5, 0.6) is 0 Å². The lowest BCUT2D eigenvalue weighted by Gasteiger charge is -2.16. The third-order valence-electron chi connectivity index (χ3n) is 9.72. The number of nitrogens with one attached hydrogen (secondary N) is 2. The molecule has 0 fully saturated rings. The van der Waals surface area contributed by atoms with Crippen molar-refractivity contribution in [3.8, 4) is 11.1 Å². The van der Waals surface area contributed by atoms with E-state index < -0.39 is 18.3 Å². The van der Waals surface area contributed by atoms with Crippen LogP contribution >= 0.6 is 0 Å². The van der Waals surface area contributed by atoms with Crippen molar-refractivity contribution in [3.63, 3.8) is 0 Å². The van der Waals surface area contributed by atoms with Crippen LogP contribution in [-0.2, 0) is 71.2 Å². The first-order chi connectivity index (χ1) is 33.0. The lowest BCUT2D eigenvalue weighted by Crippen LogP contribution is -2.37. The predicted octanol–water partition coefficient (Wildman–Crippen LogP) is 3.65. The molecule has 0 saturated carbocycles. The van der Waals surface area contributed by atoms with E-state index in [4.69, 9.17) is 61.9 Å². The molecule has 0 radical (unpaired) electrons. The molecule has 0 unspecified atom stereocenters. The van der Waals surface area contributed by atoms with Gasteiger partial charge in [-0.15, -0.1) is 0 Å². The summed E-state index contributed by atoms with van der Waals surface area (Å²) in [4.78, 5) is 46.5. The van der Waals surface area contributed by atoms with E-state index in [0.29, 0.717) is 164 Å². The second-order valence-electron chi connectivity index (χ2n) is 14.7. The quantitative estimate of drug-likeness (QED) is 0.0489. The molecule has 20 nitrogen and oxygen atoms in total. The molecule has 1 aliphatic rings. The zero-order valence-electron chi connectivity index (χ0n) is 38.7. The maximum atomic E-state index is 12.5. The van der Waals surface area contributed by atoms with Crippen LogP contribution in [0.4, 0.5) is 9.59 Å². The summed E-state index contributed by atoms with van der Waals surface area (Å²) >= 11 is 0. The standard InChI is InChI=1S/C47H72N2O18/c50-37-39(49-46(52)67-38-44-42-10-3-1-8-40(42)41-9-2-4-11-43(41)44)7-5-6-13-48-45(51)12-14-55-15-16-56-17-18-57-19-20-58-21-22-59-23-24-60-25-26-61-27-28-62-29-30-63-31-32-64-33-34-65-35-36-66-47(53)54/h1-4,8-11,37,39,44H,5-7,12-36,38H2,(H,48,51)(H,49,52)(H,53,54)/t39-/m0/s1. The molecule has 1 atom stereocenters. The number of amides is 2. The molecule has 0 bridgehead atoms. The highest BCUT2D eigenvalue weighted by Crippen LogP contribution is 2.44. The molecule has 0 heterocycles. The summed E-state index contributed by atoms with van der Waals surface area (Å²) in [6.07, 6.45) is 0.728. The number of ether oxygens (including phenoxy) is 13. The second kappa shape index (κ2) is 39.7. The number of carbonyl (C=O) groups excluding carboxylic acids is 3. The topological polar surface area (TPSA) is 233 Å². The van der Waals surface area contributed by atoms with Crippen molar-refractivity contribution in [1.29, 1.82) is 0 Å². The average molecular weight is 953 g/mol. The highest BCUT2D eigenvalue weighted by molar-refractivity contribution is 5.79. The fourth-order valence-corrected chi connectivity index (χ4v) is 6.43. The van der Waals surface area contributed by atoms with Gasteiger partial charge in [-0.2, -0.15) is 0 Å². The van der Waals surface area contributed by atoms with E-state index in [-0.39, 0.29) is 44.7 Å². The SMILES string of the molecule is O=C[C@H](CCCCNC(=O)CCOCCOCCOCCOCCOCCOCCOCCOCCOCCOCCOCCOC(=O)O)NC(=O)OCC1c2ccccc2-c2ccccc21. The van der Waals surface area contributed by atoms with Crippen LogP contribution in [0, 0.1) is 0 Å². The fourth-order valence-electron chi connectivity index (χ4n) is 6.43. The molecular formula is C47H72N2O18. The molecule has 0 aromatic heterocycles. The van der Waals surface area contributed by atoms with E-state index in [1.807, 2.05) is 24.3 Å². The highest BCUT2D eigenvalue weighted by atomic mass is 16.7. The number of hydrogen-bond acceptors (Lipinski definition) is 17. The first-order valence-corrected chi connectivity index (χ1v) is 23.0. The lowest BCUT2D eigenvalue weighted by atomic mass is 9.98. The molecule has 0 saturated heterocycles. The van der Waals surface area contributed by atoms with Gasteiger partial charge in [-0.05, 0) is 41.5 Å². The second-order valence-corrected chi connectivity index (χ2v) is 14.7. The zero-order valence-corrected chi connectivity index (χ0v) is 38.7. The van der Waals surface area contributed by atoms with E-state index in [1.54, 1.807) is 0 Å². The molecule has 2 aromatic rings. The summed E-state index contributed by atoms with van der Waals surface area (Å²) in [5.41, 5.74) is 4.53. The summed E-state index contributed by atoms with van der Waals surface area (Å²) in [6, 6.07) is 15.5. The summed E-state index contributed by atoms with van der Waals surface area (Å²) < 4.78 is 69.6. The molecule has 0 spiro atoms. The number of alkyl carbamates (subject to hydrolysis) is 1. The number of carbonyl (C=O) groups is 4. The Labute approximate surface area is 393 Å². The largest absolute Gasteiger partial charge is 0.505 e. The maximum Gasteiger partial charge on any atom is 0.505 e. The van der Waals surface area contributed by atoms with Crippen LogP contribution in [0.2, 0.25) is 0 Å². The van der Waals surface area contributed by atoms with Gasteiger partial charge in [-0.3, -0.25) is 4.79 Å². The van der Waals surface area contributed by atoms with Crippen LogP contribution in [0.15, 0.2) is 48.5 Å². The lowest BCUT2D eigenvalue weighted by molar-refractivity contribution is -0.122. The number of carboxylic acid groups (broad SMARTS) is 1. The Morgan fingerprint density at radius 3 is 1.27 bits per heavy atom. The van der Waals surface area contributed by atoms with Crippen molar-refractivity contribution < 1.29 is 85.9 Å². The van der Waals surface area contributed by atoms with E-state index in [0.717, 1.165) is 22.3 Å². The van der Waals surface area contributed by atoms with E-state index in [9.17, 15) is 19.2 Å². The maximum absolute atomic E-state index is 12.5. The summed E-state index contributed by atoms with van der Waals surface area (Å²) in [6.45, 7) is 9.76. The number of rotatable bonds is 45. The van der Waals surface area contributed by atoms with Crippen LogP contribution in [-0.4, -0.2) is 201 Å². The van der Waals surface area contributed by atoms with Crippen LogP contribution in [0.3, 0.4) is 0 Å². The van der Waals surface area contributed by atoms with Gasteiger partial charge in [0.25, 0.3) is 0 Å². The molecule has 378 valence electrons. The molecule has 3 rings (SSSR count). The minimum absolute atomic E-state index is 0.00378. The highest BCUT2D eigenvalue weighted by Gasteiger charge is 2.29. The van der Waals surface area contributed by atoms with E-state index >= 15 is 0 Å². The van der Waals surface area contributed by atoms with Gasteiger partial charge >= 0.3 is 12.2 Å². The zero-order chi connectivity index (χ0) is 47.7. The van der Waals surface area contributed by atoms with Crippen molar-refractivity contribution in [2.45, 2.75) is 37.6 Å². The Balaban J connectivity index is 0.956. The molecule has 2 amide bonds. The Hall–Kier alpha value is -4.32. The predicted molar refractivity (Wildman–Crippen MR) is 243 cm³/mol. The molecule has 67 heavy (non-hydrogen) atoms. The number of benzene rings is 2.